The average Bonchev–Trinajstić information content (AvgIpc) is 2.30. The number of pyridine rings is 2. The summed E-state index contributed by atoms with van der Waals surface area (Å²) in [6.45, 7) is 1.80. The van der Waals surface area contributed by atoms with Crippen LogP contribution < -0.4 is 0 Å². The van der Waals surface area contributed by atoms with Crippen molar-refractivity contribution in [2.45, 2.75) is 16.8 Å². The predicted octanol–water partition coefficient (Wildman–Crippen LogP) is 2.38. The summed E-state index contributed by atoms with van der Waals surface area (Å²) in [4.78, 5) is 8.01. The first-order valence-corrected chi connectivity index (χ1v) is 7.07. The largest absolute Gasteiger partial charge is 0.260 e. The number of sulfone groups is 1. The third-order valence-corrected chi connectivity index (χ3v) is 4.29. The Hall–Kier alpha value is -1.27. The van der Waals surface area contributed by atoms with E-state index in [1.165, 1.54) is 24.5 Å². The molecule has 0 saturated heterocycles. The summed E-state index contributed by atoms with van der Waals surface area (Å²) < 4.78 is 25.0. The van der Waals surface area contributed by atoms with Crippen LogP contribution in [0, 0.1) is 6.92 Å². The molecule has 0 aliphatic carbocycles. The standard InChI is InChI=1S/C11H9BrN2O2S/c1-8-2-4-10(7-13-8)17(15,16)11-5-3-9(12)6-14-11/h2-7H,1H3. The summed E-state index contributed by atoms with van der Waals surface area (Å²) in [5.41, 5.74) is 0.771. The summed E-state index contributed by atoms with van der Waals surface area (Å²) in [5, 5.41) is 0.0198. The average molecular weight is 313 g/mol. The van der Waals surface area contributed by atoms with Crippen molar-refractivity contribution in [3.8, 4) is 0 Å². The van der Waals surface area contributed by atoms with Gasteiger partial charge in [-0.05, 0) is 47.1 Å². The summed E-state index contributed by atoms with van der Waals surface area (Å²) >= 11 is 3.21. The maximum Gasteiger partial charge on any atom is 0.225 e. The molecule has 88 valence electrons. The molecular weight excluding hydrogens is 304 g/mol. The van der Waals surface area contributed by atoms with E-state index in [2.05, 4.69) is 25.9 Å². The van der Waals surface area contributed by atoms with Gasteiger partial charge >= 0.3 is 0 Å². The quantitative estimate of drug-likeness (QED) is 0.854. The molecule has 0 aliphatic rings. The molecule has 0 aromatic carbocycles. The van der Waals surface area contributed by atoms with Crippen LogP contribution in [-0.2, 0) is 9.84 Å². The first-order chi connectivity index (χ1) is 8.00. The van der Waals surface area contributed by atoms with Crippen molar-refractivity contribution in [1.29, 1.82) is 0 Å². The molecule has 0 aliphatic heterocycles. The van der Waals surface area contributed by atoms with Gasteiger partial charge in [0, 0.05) is 22.6 Å². The van der Waals surface area contributed by atoms with E-state index in [-0.39, 0.29) is 9.92 Å². The lowest BCUT2D eigenvalue weighted by atomic mass is 10.4. The van der Waals surface area contributed by atoms with Crippen LogP contribution in [0.5, 0.6) is 0 Å². The van der Waals surface area contributed by atoms with Crippen molar-refractivity contribution >= 4 is 25.8 Å². The molecule has 4 nitrogen and oxygen atoms in total. The van der Waals surface area contributed by atoms with Gasteiger partial charge in [0.15, 0.2) is 5.03 Å². The zero-order valence-electron chi connectivity index (χ0n) is 8.96. The highest BCUT2D eigenvalue weighted by atomic mass is 79.9. The number of nitrogens with zero attached hydrogens (tertiary/aromatic N) is 2. The second-order valence-corrected chi connectivity index (χ2v) is 6.27. The number of hydrogen-bond acceptors (Lipinski definition) is 4. The fourth-order valence-corrected chi connectivity index (χ4v) is 2.61. The van der Waals surface area contributed by atoms with Gasteiger partial charge in [0.05, 0.1) is 4.90 Å². The van der Waals surface area contributed by atoms with Gasteiger partial charge in [0.1, 0.15) is 0 Å². The number of aromatic nitrogens is 2. The smallest absolute Gasteiger partial charge is 0.225 e. The van der Waals surface area contributed by atoms with Crippen molar-refractivity contribution < 1.29 is 8.42 Å². The van der Waals surface area contributed by atoms with Crippen LogP contribution in [0.2, 0.25) is 0 Å². The van der Waals surface area contributed by atoms with Crippen LogP contribution >= 0.6 is 15.9 Å². The Morgan fingerprint density at radius 1 is 1.06 bits per heavy atom. The van der Waals surface area contributed by atoms with Gasteiger partial charge in [-0.15, -0.1) is 0 Å². The molecule has 2 aromatic heterocycles. The molecule has 0 atom stereocenters. The third kappa shape index (κ3) is 2.53. The van der Waals surface area contributed by atoms with E-state index in [1.807, 2.05) is 0 Å². The lowest BCUT2D eigenvalue weighted by molar-refractivity contribution is 0.592. The highest BCUT2D eigenvalue weighted by Gasteiger charge is 2.19. The molecule has 0 amide bonds. The first kappa shape index (κ1) is 12.2. The second-order valence-electron chi connectivity index (χ2n) is 3.45. The van der Waals surface area contributed by atoms with Crippen LogP contribution in [0.25, 0.3) is 0 Å². The second kappa shape index (κ2) is 4.54. The van der Waals surface area contributed by atoms with E-state index < -0.39 is 9.84 Å². The molecular formula is C11H9BrN2O2S. The molecule has 0 fully saturated rings. The van der Waals surface area contributed by atoms with E-state index in [4.69, 9.17) is 0 Å². The molecule has 6 heteroatoms. The lowest BCUT2D eigenvalue weighted by Crippen LogP contribution is -2.04. The van der Waals surface area contributed by atoms with Gasteiger partial charge in [0.25, 0.3) is 0 Å². The van der Waals surface area contributed by atoms with Crippen LogP contribution in [0.1, 0.15) is 5.69 Å². The van der Waals surface area contributed by atoms with E-state index in [0.29, 0.717) is 0 Å². The normalized spacial score (nSPS) is 11.4. The highest BCUT2D eigenvalue weighted by Crippen LogP contribution is 2.19. The fourth-order valence-electron chi connectivity index (χ4n) is 1.26. The predicted molar refractivity (Wildman–Crippen MR) is 66.4 cm³/mol. The zero-order valence-corrected chi connectivity index (χ0v) is 11.4. The molecule has 0 radical (unpaired) electrons. The summed E-state index contributed by atoms with van der Waals surface area (Å²) in [7, 11) is -3.57. The Labute approximate surface area is 108 Å². The Morgan fingerprint density at radius 3 is 2.35 bits per heavy atom. The summed E-state index contributed by atoms with van der Waals surface area (Å²) in [5.74, 6) is 0. The molecule has 0 N–H and O–H groups in total. The van der Waals surface area contributed by atoms with Crippen molar-refractivity contribution in [2.75, 3.05) is 0 Å². The van der Waals surface area contributed by atoms with E-state index in [9.17, 15) is 8.42 Å². The van der Waals surface area contributed by atoms with Crippen LogP contribution in [0.4, 0.5) is 0 Å². The van der Waals surface area contributed by atoms with Crippen LogP contribution in [0.3, 0.4) is 0 Å². The Balaban J connectivity index is 2.50. The van der Waals surface area contributed by atoms with Crippen molar-refractivity contribution in [1.82, 2.24) is 9.97 Å². The third-order valence-electron chi connectivity index (χ3n) is 2.17. The SMILES string of the molecule is Cc1ccc(S(=O)(=O)c2ccc(Br)cn2)cn1. The topological polar surface area (TPSA) is 59.9 Å². The van der Waals surface area contributed by atoms with Gasteiger partial charge in [-0.2, -0.15) is 0 Å². The van der Waals surface area contributed by atoms with E-state index >= 15 is 0 Å². The molecule has 17 heavy (non-hydrogen) atoms. The van der Waals surface area contributed by atoms with Crippen LogP contribution in [0.15, 0.2) is 51.1 Å². The maximum absolute atomic E-state index is 12.1. The molecule has 2 rings (SSSR count). The van der Waals surface area contributed by atoms with Gasteiger partial charge in [-0.25, -0.2) is 13.4 Å². The van der Waals surface area contributed by atoms with E-state index in [1.54, 1.807) is 19.1 Å². The van der Waals surface area contributed by atoms with Crippen molar-refractivity contribution in [3.63, 3.8) is 0 Å². The van der Waals surface area contributed by atoms with Crippen LogP contribution in [-0.4, -0.2) is 18.4 Å². The lowest BCUT2D eigenvalue weighted by Gasteiger charge is -2.03. The van der Waals surface area contributed by atoms with Crippen molar-refractivity contribution in [2.24, 2.45) is 0 Å². The van der Waals surface area contributed by atoms with Gasteiger partial charge in [-0.3, -0.25) is 4.98 Å². The number of halogens is 1. The van der Waals surface area contributed by atoms with Gasteiger partial charge in [0.2, 0.25) is 9.84 Å². The Bertz CT molecular complexity index is 570. The minimum absolute atomic E-state index is 0.0198. The van der Waals surface area contributed by atoms with E-state index in [0.717, 1.165) is 10.2 Å². The van der Waals surface area contributed by atoms with Gasteiger partial charge < -0.3 is 0 Å². The van der Waals surface area contributed by atoms with Crippen molar-refractivity contribution in [3.05, 3.63) is 46.8 Å². The zero-order chi connectivity index (χ0) is 12.5. The highest BCUT2D eigenvalue weighted by molar-refractivity contribution is 9.10. The summed E-state index contributed by atoms with van der Waals surface area (Å²) in [6, 6.07) is 6.29. The summed E-state index contributed by atoms with van der Waals surface area (Å²) in [6.07, 6.45) is 2.79. The number of hydrogen-bond donors (Lipinski definition) is 0. The van der Waals surface area contributed by atoms with Gasteiger partial charge in [-0.1, -0.05) is 0 Å². The molecule has 0 unspecified atom stereocenters. The molecule has 0 spiro atoms. The minimum Gasteiger partial charge on any atom is -0.260 e. The Kier molecular flexibility index (Phi) is 3.26. The monoisotopic (exact) mass is 312 g/mol. The number of rotatable bonds is 2. The minimum atomic E-state index is -3.57. The maximum atomic E-state index is 12.1. The molecule has 0 bridgehead atoms. The Morgan fingerprint density at radius 2 is 1.82 bits per heavy atom. The molecule has 2 aromatic rings. The number of aryl methyl sites for hydroxylation is 1. The molecule has 0 saturated carbocycles. The first-order valence-electron chi connectivity index (χ1n) is 4.79. The molecule has 2 heterocycles. The fraction of sp³-hybridized carbons (Fsp3) is 0.0909.